The van der Waals surface area contributed by atoms with E-state index in [9.17, 15) is 24.3 Å². The van der Waals surface area contributed by atoms with E-state index in [1.165, 1.54) is 4.90 Å². The highest BCUT2D eigenvalue weighted by molar-refractivity contribution is 5.94. The molecule has 0 spiro atoms. The zero-order valence-corrected chi connectivity index (χ0v) is 26.3. The van der Waals surface area contributed by atoms with Crippen LogP contribution in [0.3, 0.4) is 0 Å². The Morgan fingerprint density at radius 1 is 1.07 bits per heavy atom. The monoisotopic (exact) mass is 585 g/mol. The van der Waals surface area contributed by atoms with Crippen LogP contribution in [0.2, 0.25) is 0 Å². The topological polar surface area (TPSA) is 149 Å². The zero-order valence-electron chi connectivity index (χ0n) is 26.3. The van der Waals surface area contributed by atoms with Gasteiger partial charge in [-0.15, -0.1) is 0 Å². The number of β-amino-alcohol motifs (C(OH)–C–C–N with tert-alkyl or cyclic N) is 1. The van der Waals surface area contributed by atoms with Crippen LogP contribution in [0.4, 0.5) is 4.79 Å². The minimum absolute atomic E-state index is 0.0323. The molecule has 42 heavy (non-hydrogen) atoms. The van der Waals surface area contributed by atoms with Crippen LogP contribution in [-0.2, 0) is 25.7 Å². The summed E-state index contributed by atoms with van der Waals surface area (Å²) in [4.78, 5) is 57.2. The Bertz CT molecular complexity index is 1190. The summed E-state index contributed by atoms with van der Waals surface area (Å²) in [6, 6.07) is 5.88. The molecule has 0 unspecified atom stereocenters. The molecule has 0 radical (unpaired) electrons. The Morgan fingerprint density at radius 3 is 2.24 bits per heavy atom. The number of aliphatic imine (C=N–C) groups is 1. The third-order valence-electron chi connectivity index (χ3n) is 6.79. The maximum absolute atomic E-state index is 13.7. The van der Waals surface area contributed by atoms with Crippen LogP contribution in [0.25, 0.3) is 5.57 Å². The molecule has 1 fully saturated rings. The molecule has 4 amide bonds. The normalized spacial score (nSPS) is 18.8. The van der Waals surface area contributed by atoms with Crippen molar-refractivity contribution in [1.29, 1.82) is 0 Å². The lowest BCUT2D eigenvalue weighted by molar-refractivity contribution is -0.144. The second-order valence-corrected chi connectivity index (χ2v) is 12.6. The molecule has 0 saturated carbocycles. The molecule has 4 N–H and O–H groups in total. The molecule has 1 saturated heterocycles. The van der Waals surface area contributed by atoms with Gasteiger partial charge >= 0.3 is 6.09 Å². The van der Waals surface area contributed by atoms with Gasteiger partial charge in [-0.05, 0) is 63.7 Å². The quantitative estimate of drug-likeness (QED) is 0.327. The number of benzene rings is 1. The van der Waals surface area contributed by atoms with Crippen molar-refractivity contribution in [1.82, 2.24) is 20.9 Å². The second-order valence-electron chi connectivity index (χ2n) is 12.6. The van der Waals surface area contributed by atoms with Gasteiger partial charge in [-0.3, -0.25) is 19.4 Å². The minimum Gasteiger partial charge on any atom is -0.444 e. The predicted molar refractivity (Wildman–Crippen MR) is 162 cm³/mol. The van der Waals surface area contributed by atoms with Crippen LogP contribution in [0.15, 0.2) is 35.0 Å². The summed E-state index contributed by atoms with van der Waals surface area (Å²) in [5, 5.41) is 18.3. The number of nitrogens with one attached hydrogen (secondary N) is 3. The first kappa shape index (κ1) is 34.5. The summed E-state index contributed by atoms with van der Waals surface area (Å²) >= 11 is 0. The minimum atomic E-state index is -1.00. The summed E-state index contributed by atoms with van der Waals surface area (Å²) < 4.78 is 5.15. The van der Waals surface area contributed by atoms with Crippen LogP contribution in [0, 0.1) is 5.41 Å². The summed E-state index contributed by atoms with van der Waals surface area (Å²) in [6.07, 6.45) is 0.205. The van der Waals surface area contributed by atoms with Crippen molar-refractivity contribution in [3.8, 4) is 0 Å². The molecule has 1 aromatic carbocycles. The highest BCUT2D eigenvalue weighted by Gasteiger charge is 2.44. The molecule has 1 aromatic rings. The molecular weight excluding hydrogens is 538 g/mol. The number of likely N-dealkylation sites (tertiary alicyclic amines) is 1. The van der Waals surface area contributed by atoms with E-state index in [2.05, 4.69) is 20.9 Å². The Balaban J connectivity index is 2.08. The van der Waals surface area contributed by atoms with Crippen molar-refractivity contribution < 1.29 is 29.0 Å². The second kappa shape index (κ2) is 14.4. The lowest BCUT2D eigenvalue weighted by Crippen LogP contribution is -2.58. The first-order valence-electron chi connectivity index (χ1n) is 14.2. The fraction of sp³-hybridized carbons (Fsp3) is 0.581. The van der Waals surface area contributed by atoms with Gasteiger partial charge in [0.25, 0.3) is 0 Å². The third kappa shape index (κ3) is 10.3. The van der Waals surface area contributed by atoms with E-state index in [4.69, 9.17) is 4.74 Å². The van der Waals surface area contributed by atoms with E-state index in [1.54, 1.807) is 47.8 Å². The Kier molecular flexibility index (Phi) is 11.9. The van der Waals surface area contributed by atoms with Crippen LogP contribution in [0.1, 0.15) is 79.9 Å². The Labute approximate surface area is 249 Å². The van der Waals surface area contributed by atoms with Crippen molar-refractivity contribution in [3.63, 3.8) is 0 Å². The van der Waals surface area contributed by atoms with Gasteiger partial charge in [0, 0.05) is 31.4 Å². The summed E-state index contributed by atoms with van der Waals surface area (Å²) in [6.45, 7) is 16.1. The zero-order chi connectivity index (χ0) is 31.8. The molecule has 3 atom stereocenters. The number of aliphatic hydroxyl groups excluding tert-OH is 1. The molecule has 1 aliphatic rings. The smallest absolute Gasteiger partial charge is 0.408 e. The molecular formula is C31H47N5O6. The number of aliphatic hydroxyl groups is 1. The highest BCUT2D eigenvalue weighted by Crippen LogP contribution is 2.26. The average molecular weight is 586 g/mol. The molecule has 1 heterocycles. The SMILES string of the molecule is C/C=N\C(C)=C(/C)c1ccc(CNC(=O)[C@@H]2C[C@@H](O)CN2C(=O)[C@@H](NC(=O)CNC(=O)OC(C)(C)C)C(C)(C)C)cc1. The Hall–Kier alpha value is -3.73. The van der Waals surface area contributed by atoms with E-state index in [0.29, 0.717) is 0 Å². The molecule has 232 valence electrons. The van der Waals surface area contributed by atoms with Gasteiger partial charge in [0.1, 0.15) is 24.2 Å². The third-order valence-corrected chi connectivity index (χ3v) is 6.79. The van der Waals surface area contributed by atoms with Crippen LogP contribution < -0.4 is 16.0 Å². The van der Waals surface area contributed by atoms with Gasteiger partial charge in [0.15, 0.2) is 0 Å². The van der Waals surface area contributed by atoms with Crippen molar-refractivity contribution in [2.45, 2.75) is 99.1 Å². The van der Waals surface area contributed by atoms with E-state index in [0.717, 1.165) is 22.4 Å². The lowest BCUT2D eigenvalue weighted by Gasteiger charge is -2.35. The Morgan fingerprint density at radius 2 is 1.69 bits per heavy atom. The van der Waals surface area contributed by atoms with Crippen LogP contribution in [0.5, 0.6) is 0 Å². The number of nitrogens with zero attached hydrogens (tertiary/aromatic N) is 2. The van der Waals surface area contributed by atoms with Gasteiger partial charge in [-0.1, -0.05) is 45.0 Å². The molecule has 0 aromatic heterocycles. The van der Waals surface area contributed by atoms with Gasteiger partial charge in [0.05, 0.1) is 6.10 Å². The number of hydrogen-bond donors (Lipinski definition) is 4. The largest absolute Gasteiger partial charge is 0.444 e. The predicted octanol–water partition coefficient (Wildman–Crippen LogP) is 3.16. The van der Waals surface area contributed by atoms with E-state index in [-0.39, 0.29) is 26.1 Å². The van der Waals surface area contributed by atoms with Crippen LogP contribution in [-0.4, -0.2) is 76.9 Å². The van der Waals surface area contributed by atoms with E-state index >= 15 is 0 Å². The summed E-state index contributed by atoms with van der Waals surface area (Å²) in [7, 11) is 0. The summed E-state index contributed by atoms with van der Waals surface area (Å²) in [5.74, 6) is -1.46. The van der Waals surface area contributed by atoms with Crippen molar-refractivity contribution in [2.24, 2.45) is 10.4 Å². The van der Waals surface area contributed by atoms with Crippen LogP contribution >= 0.6 is 0 Å². The standard InChI is InChI=1S/C31H47N5O6/c1-10-32-20(3)19(2)22-13-11-21(12-14-22)16-33-27(39)24-15-23(37)18-36(24)28(40)26(30(4,5)6)35-25(38)17-34-29(41)42-31(7,8)9/h10-14,23-24,26,37H,15-18H2,1-9H3,(H,33,39)(H,34,41)(H,35,38)/b20-19+,32-10-/t23-,24+,26-/m1/s1. The number of ether oxygens (including phenoxy) is 1. The fourth-order valence-corrected chi connectivity index (χ4v) is 4.48. The van der Waals surface area contributed by atoms with Gasteiger partial charge in [-0.25, -0.2) is 4.79 Å². The molecule has 0 bridgehead atoms. The summed E-state index contributed by atoms with van der Waals surface area (Å²) in [5.41, 5.74) is 2.44. The number of hydrogen-bond acceptors (Lipinski definition) is 7. The van der Waals surface area contributed by atoms with Gasteiger partial charge in [0.2, 0.25) is 17.7 Å². The highest BCUT2D eigenvalue weighted by atomic mass is 16.6. The number of rotatable bonds is 9. The molecule has 0 aliphatic carbocycles. The number of carbonyl (C=O) groups excluding carboxylic acids is 4. The van der Waals surface area contributed by atoms with Crippen molar-refractivity contribution in [2.75, 3.05) is 13.1 Å². The first-order chi connectivity index (χ1) is 19.4. The van der Waals surface area contributed by atoms with Gasteiger partial charge < -0.3 is 30.7 Å². The lowest BCUT2D eigenvalue weighted by atomic mass is 9.85. The number of allylic oxidation sites excluding steroid dienone is 2. The maximum atomic E-state index is 13.7. The fourth-order valence-electron chi connectivity index (χ4n) is 4.48. The number of carbonyl (C=O) groups is 4. The molecule has 11 nitrogen and oxygen atoms in total. The van der Waals surface area contributed by atoms with Crippen molar-refractivity contribution >= 4 is 35.6 Å². The van der Waals surface area contributed by atoms with E-state index < -0.39 is 53.0 Å². The molecule has 2 rings (SSSR count). The number of amides is 4. The number of alkyl carbamates (subject to hydrolysis) is 1. The maximum Gasteiger partial charge on any atom is 0.408 e. The van der Waals surface area contributed by atoms with Crippen molar-refractivity contribution in [3.05, 3.63) is 41.1 Å². The van der Waals surface area contributed by atoms with E-state index in [1.807, 2.05) is 45.0 Å². The molecule has 11 heteroatoms. The average Bonchev–Trinajstić information content (AvgIpc) is 3.29. The van der Waals surface area contributed by atoms with Gasteiger partial charge in [-0.2, -0.15) is 0 Å². The molecule has 1 aliphatic heterocycles. The first-order valence-corrected chi connectivity index (χ1v) is 14.2.